The molecule has 41 heavy (non-hydrogen) atoms. The quantitative estimate of drug-likeness (QED) is 0.223. The lowest BCUT2D eigenvalue weighted by molar-refractivity contribution is -0.120. The zero-order chi connectivity index (χ0) is 30.9. The van der Waals surface area contributed by atoms with Gasteiger partial charge in [-0.15, -0.1) is 0 Å². The third-order valence-electron chi connectivity index (χ3n) is 8.62. The van der Waals surface area contributed by atoms with Crippen LogP contribution in [0.25, 0.3) is 0 Å². The van der Waals surface area contributed by atoms with Crippen molar-refractivity contribution in [3.8, 4) is 0 Å². The normalized spacial score (nSPS) is 20.3. The predicted molar refractivity (Wildman–Crippen MR) is 188 cm³/mol. The van der Waals surface area contributed by atoms with E-state index >= 15 is 0 Å². The number of halogens is 3. The van der Waals surface area contributed by atoms with Crippen LogP contribution in [-0.2, 0) is 14.0 Å². The molecular formula is C33H55Br3O4Si. The lowest BCUT2D eigenvalue weighted by Crippen LogP contribution is -2.41. The van der Waals surface area contributed by atoms with Crippen LogP contribution in [0, 0.1) is 0 Å². The molecule has 0 bridgehead atoms. The van der Waals surface area contributed by atoms with E-state index in [4.69, 9.17) is 9.53 Å². The first-order chi connectivity index (χ1) is 19.3. The van der Waals surface area contributed by atoms with Crippen LogP contribution >= 0.6 is 47.8 Å². The Morgan fingerprint density at radius 3 is 1.49 bits per heavy atom. The van der Waals surface area contributed by atoms with Crippen LogP contribution in [0.3, 0.4) is 0 Å². The van der Waals surface area contributed by atoms with Gasteiger partial charge in [-0.3, -0.25) is 9.59 Å². The van der Waals surface area contributed by atoms with Crippen molar-refractivity contribution in [2.24, 2.45) is 0 Å². The highest BCUT2D eigenvalue weighted by molar-refractivity contribution is 9.12. The molecule has 1 saturated carbocycles. The van der Waals surface area contributed by atoms with E-state index in [0.717, 1.165) is 74.3 Å². The molecule has 0 saturated heterocycles. The van der Waals surface area contributed by atoms with Gasteiger partial charge in [0.1, 0.15) is 12.1 Å². The van der Waals surface area contributed by atoms with Gasteiger partial charge in [-0.25, -0.2) is 0 Å². The van der Waals surface area contributed by atoms with Crippen molar-refractivity contribution in [1.82, 2.24) is 0 Å². The molecule has 4 rings (SSSR count). The number of ketones is 1. The summed E-state index contributed by atoms with van der Waals surface area (Å²) in [5, 5.41) is 9.09. The fourth-order valence-corrected chi connectivity index (χ4v) is 7.36. The number of hydrogen-bond donors (Lipinski definition) is 1. The molecule has 4 aliphatic carbocycles. The van der Waals surface area contributed by atoms with Gasteiger partial charge in [0, 0.05) is 22.9 Å². The zero-order valence-electron chi connectivity index (χ0n) is 26.3. The molecule has 4 aliphatic rings. The highest BCUT2D eigenvalue weighted by Gasteiger charge is 2.37. The van der Waals surface area contributed by atoms with E-state index in [1.54, 1.807) is 0 Å². The number of Topliss-reactive ketones (excluding diaryl/α,β-unsaturated/α-hetero) is 1. The second-order valence-electron chi connectivity index (χ2n) is 13.0. The molecule has 0 atom stereocenters. The van der Waals surface area contributed by atoms with Crippen LogP contribution in [0.15, 0.2) is 30.2 Å². The lowest BCUT2D eigenvalue weighted by atomic mass is 10.00. The Hall–Kier alpha value is 0.137. The van der Waals surface area contributed by atoms with Crippen molar-refractivity contribution in [1.29, 1.82) is 0 Å². The minimum Gasteiger partial charge on any atom is -0.413 e. The third-order valence-corrected chi connectivity index (χ3v) is 15.9. The number of allylic oxidation sites excluding steroid dienone is 4. The molecule has 0 aromatic heterocycles. The molecule has 1 N–H and O–H groups in total. The standard InChI is InChI=1S/C13H25BrOSi.C7H11BrO.C7H9BrO.C6H10O/c1-13(2,3)16(4,5)15-10-11-8-6-7-9-12(11)14;2*8-7-4-2-1-3-6(7)5-9;7-6-4-2-1-3-5-6/h6-10H2,1-5H3;9H,1-5H2;5H,1-4H2;1-5H2. The molecule has 0 heterocycles. The Balaban J connectivity index is 0.000000289. The topological polar surface area (TPSA) is 63.6 Å². The summed E-state index contributed by atoms with van der Waals surface area (Å²) in [6.07, 6.45) is 20.4. The average Bonchev–Trinajstić information content (AvgIpc) is 2.94. The SMILES string of the molecule is CC(C)(C)[Si](C)(C)OCC1=C(Br)CCCC1.O=C1CCCCC1.O=CC1=C(Br)CCCC1.OCC1=C(Br)CCCC1. The summed E-state index contributed by atoms with van der Waals surface area (Å²) >= 11 is 10.5. The van der Waals surface area contributed by atoms with Gasteiger partial charge in [0.05, 0.1) is 13.2 Å². The fraction of sp³-hybridized carbons (Fsp3) is 0.758. The number of rotatable bonds is 5. The molecule has 8 heteroatoms. The molecule has 0 aromatic carbocycles. The van der Waals surface area contributed by atoms with E-state index in [-0.39, 0.29) is 6.61 Å². The van der Waals surface area contributed by atoms with Crippen molar-refractivity contribution in [2.75, 3.05) is 13.2 Å². The van der Waals surface area contributed by atoms with E-state index in [0.29, 0.717) is 10.8 Å². The van der Waals surface area contributed by atoms with Crippen molar-refractivity contribution < 1.29 is 19.1 Å². The third kappa shape index (κ3) is 16.1. The van der Waals surface area contributed by atoms with Crippen LogP contribution in [0.2, 0.25) is 18.1 Å². The maximum absolute atomic E-state index is 10.5. The molecule has 0 spiro atoms. The van der Waals surface area contributed by atoms with Gasteiger partial charge in [-0.05, 0) is 128 Å². The first-order valence-electron chi connectivity index (χ1n) is 15.6. The van der Waals surface area contributed by atoms with E-state index < -0.39 is 8.32 Å². The smallest absolute Gasteiger partial charge is 0.192 e. The second-order valence-corrected chi connectivity index (χ2v) is 20.7. The average molecular weight is 784 g/mol. The molecule has 236 valence electrons. The van der Waals surface area contributed by atoms with Gasteiger partial charge < -0.3 is 9.53 Å². The lowest BCUT2D eigenvalue weighted by Gasteiger charge is -2.36. The summed E-state index contributed by atoms with van der Waals surface area (Å²) in [5.41, 5.74) is 3.65. The minimum atomic E-state index is -1.57. The molecule has 0 amide bonds. The van der Waals surface area contributed by atoms with Crippen molar-refractivity contribution in [3.05, 3.63) is 30.2 Å². The summed E-state index contributed by atoms with van der Waals surface area (Å²) < 4.78 is 10.0. The summed E-state index contributed by atoms with van der Waals surface area (Å²) in [6, 6.07) is 0. The highest BCUT2D eigenvalue weighted by Crippen LogP contribution is 2.38. The number of aliphatic hydroxyl groups is 1. The van der Waals surface area contributed by atoms with E-state index in [9.17, 15) is 9.59 Å². The number of carbonyl (C=O) groups excluding carboxylic acids is 2. The maximum atomic E-state index is 10.5. The van der Waals surface area contributed by atoms with Crippen LogP contribution in [-0.4, -0.2) is 38.7 Å². The van der Waals surface area contributed by atoms with Gasteiger partial charge >= 0.3 is 0 Å². The number of aldehydes is 1. The highest BCUT2D eigenvalue weighted by atomic mass is 79.9. The number of carbonyl (C=O) groups is 2. The molecule has 0 aliphatic heterocycles. The summed E-state index contributed by atoms with van der Waals surface area (Å²) in [5.74, 6) is 0.464. The second kappa shape index (κ2) is 21.0. The molecule has 1 fully saturated rings. The molecule has 0 unspecified atom stereocenters. The monoisotopic (exact) mass is 780 g/mol. The first-order valence-corrected chi connectivity index (χ1v) is 20.9. The van der Waals surface area contributed by atoms with Crippen molar-refractivity contribution >= 4 is 68.2 Å². The summed E-state index contributed by atoms with van der Waals surface area (Å²) in [7, 11) is -1.57. The molecule has 0 aromatic rings. The number of aliphatic hydroxyl groups excluding tert-OH is 1. The van der Waals surface area contributed by atoms with Crippen LogP contribution in [0.1, 0.15) is 130 Å². The molecule has 4 nitrogen and oxygen atoms in total. The van der Waals surface area contributed by atoms with Gasteiger partial charge in [-0.1, -0.05) is 75.0 Å². The summed E-state index contributed by atoms with van der Waals surface area (Å²) in [4.78, 5) is 20.7. The molecule has 0 radical (unpaired) electrons. The van der Waals surface area contributed by atoms with Crippen molar-refractivity contribution in [2.45, 2.75) is 148 Å². The summed E-state index contributed by atoms with van der Waals surface area (Å²) in [6.45, 7) is 12.6. The van der Waals surface area contributed by atoms with E-state index in [2.05, 4.69) is 81.7 Å². The Bertz CT molecular complexity index is 906. The van der Waals surface area contributed by atoms with Crippen LogP contribution in [0.4, 0.5) is 0 Å². The predicted octanol–water partition coefficient (Wildman–Crippen LogP) is 11.4. The Kier molecular flexibility index (Phi) is 20.0. The zero-order valence-corrected chi connectivity index (χ0v) is 32.1. The van der Waals surface area contributed by atoms with Gasteiger partial charge in [0.15, 0.2) is 8.32 Å². The Morgan fingerprint density at radius 2 is 1.15 bits per heavy atom. The molecular weight excluding hydrogens is 728 g/mol. The Morgan fingerprint density at radius 1 is 0.707 bits per heavy atom. The number of hydrogen-bond acceptors (Lipinski definition) is 4. The van der Waals surface area contributed by atoms with E-state index in [1.165, 1.54) is 77.9 Å². The Labute approximate surface area is 277 Å². The van der Waals surface area contributed by atoms with E-state index in [1.807, 2.05) is 0 Å². The van der Waals surface area contributed by atoms with Crippen LogP contribution < -0.4 is 0 Å². The van der Waals surface area contributed by atoms with Gasteiger partial charge in [-0.2, -0.15) is 0 Å². The minimum absolute atomic E-state index is 0.237. The first kappa shape index (κ1) is 39.2. The van der Waals surface area contributed by atoms with Crippen LogP contribution in [0.5, 0.6) is 0 Å². The van der Waals surface area contributed by atoms with Crippen molar-refractivity contribution in [3.63, 3.8) is 0 Å². The van der Waals surface area contributed by atoms with Gasteiger partial charge in [0.25, 0.3) is 0 Å². The largest absolute Gasteiger partial charge is 0.413 e. The van der Waals surface area contributed by atoms with Gasteiger partial charge in [0.2, 0.25) is 0 Å². The maximum Gasteiger partial charge on any atom is 0.192 e. The fourth-order valence-electron chi connectivity index (χ4n) is 4.62.